The Balaban J connectivity index is 2.43. The fourth-order valence-corrected chi connectivity index (χ4v) is 5.47. The van der Waals surface area contributed by atoms with Crippen LogP contribution < -0.4 is 43.8 Å². The summed E-state index contributed by atoms with van der Waals surface area (Å²) in [4.78, 5) is 79.5. The first-order valence-corrected chi connectivity index (χ1v) is 17.6. The number of amides is 5. The van der Waals surface area contributed by atoms with Crippen LogP contribution in [0.3, 0.4) is 0 Å². The van der Waals surface area contributed by atoms with E-state index in [2.05, 4.69) is 26.6 Å². The van der Waals surface area contributed by atoms with Crippen molar-refractivity contribution in [3.8, 4) is 5.75 Å². The fraction of sp³-hybridized carbons (Fsp3) is 0.600. The molecule has 0 fully saturated rings. The third-order valence-corrected chi connectivity index (χ3v) is 8.39. The molecule has 6 atom stereocenters. The SMILES string of the molecule is CC(C)C[C@@H](NC(=O)[C@@H](Cc1ccc(O)cc1)NC(=O)[C@@H]1C/C=C/C[C@H](N)C(=O)N[C@@H](CCCCN)C(=O)N[C@@H](CCCCN)C(=O)N1)C(=O)O. The lowest BCUT2D eigenvalue weighted by Gasteiger charge is -2.27. The number of carbonyl (C=O) groups excluding carboxylic acids is 5. The van der Waals surface area contributed by atoms with Crippen LogP contribution >= 0.6 is 0 Å². The number of carbonyl (C=O) groups is 6. The maximum atomic E-state index is 13.9. The van der Waals surface area contributed by atoms with E-state index in [0.717, 1.165) is 0 Å². The van der Waals surface area contributed by atoms with Gasteiger partial charge < -0.3 is 54.0 Å². The number of carboxylic acid groups (broad SMARTS) is 1. The standard InChI is InChI=1S/C35H56N8O8/c1-21(2)19-29(35(50)51)43-34(49)28(20-22-13-15-23(44)16-14-22)42-33(48)26-10-4-3-9-24(38)30(45)39-25(11-5-7-17-36)31(46)41-27(32(47)40-26)12-6-8-18-37/h3-4,13-16,21,24-29,44H,5-12,17-20,36-38H2,1-2H3,(H,39,45)(H,40,47)(H,41,46)(H,42,48)(H,43,49)(H,50,51)/b4-3+/t24-,25-,26-,27-,28+,29+/m0/s1. The third kappa shape index (κ3) is 15.5. The van der Waals surface area contributed by atoms with Crippen molar-refractivity contribution in [3.63, 3.8) is 0 Å². The zero-order chi connectivity index (χ0) is 37.9. The van der Waals surface area contributed by atoms with Crippen molar-refractivity contribution in [2.24, 2.45) is 23.1 Å². The minimum atomic E-state index is -1.27. The third-order valence-electron chi connectivity index (χ3n) is 8.39. The normalized spacial score (nSPS) is 22.0. The summed E-state index contributed by atoms with van der Waals surface area (Å²) >= 11 is 0. The van der Waals surface area contributed by atoms with Gasteiger partial charge in [0.05, 0.1) is 6.04 Å². The largest absolute Gasteiger partial charge is 0.508 e. The topological polar surface area (TPSA) is 281 Å². The van der Waals surface area contributed by atoms with E-state index in [4.69, 9.17) is 17.2 Å². The van der Waals surface area contributed by atoms with Crippen molar-refractivity contribution >= 4 is 35.5 Å². The van der Waals surface area contributed by atoms with Crippen LogP contribution in [0.25, 0.3) is 0 Å². The number of aromatic hydroxyl groups is 1. The molecule has 0 radical (unpaired) electrons. The average Bonchev–Trinajstić information content (AvgIpc) is 3.08. The van der Waals surface area contributed by atoms with Crippen LogP contribution in [-0.2, 0) is 35.2 Å². The quantitative estimate of drug-likeness (QED) is 0.0719. The van der Waals surface area contributed by atoms with Gasteiger partial charge in [0.15, 0.2) is 0 Å². The van der Waals surface area contributed by atoms with Crippen LogP contribution in [0.2, 0.25) is 0 Å². The molecule has 1 heterocycles. The Kier molecular flexibility index (Phi) is 18.7. The zero-order valence-corrected chi connectivity index (χ0v) is 29.6. The van der Waals surface area contributed by atoms with Gasteiger partial charge in [-0.05, 0) is 94.5 Å². The molecule has 0 bridgehead atoms. The highest BCUT2D eigenvalue weighted by Crippen LogP contribution is 2.14. The molecule has 284 valence electrons. The number of hydrogen-bond donors (Lipinski definition) is 10. The first-order valence-electron chi connectivity index (χ1n) is 17.6. The molecule has 0 aromatic heterocycles. The lowest BCUT2D eigenvalue weighted by atomic mass is 10.0. The van der Waals surface area contributed by atoms with E-state index in [9.17, 15) is 39.0 Å². The summed E-state index contributed by atoms with van der Waals surface area (Å²) in [5, 5.41) is 32.8. The Morgan fingerprint density at radius 1 is 0.804 bits per heavy atom. The van der Waals surface area contributed by atoms with Crippen molar-refractivity contribution in [2.75, 3.05) is 13.1 Å². The van der Waals surface area contributed by atoms with E-state index in [-0.39, 0.29) is 50.2 Å². The van der Waals surface area contributed by atoms with Gasteiger partial charge in [-0.1, -0.05) is 38.1 Å². The predicted octanol–water partition coefficient (Wildman–Crippen LogP) is -0.575. The minimum Gasteiger partial charge on any atom is -0.508 e. The molecule has 0 saturated carbocycles. The molecule has 0 unspecified atom stereocenters. The van der Waals surface area contributed by atoms with Crippen LogP contribution in [0, 0.1) is 5.92 Å². The van der Waals surface area contributed by atoms with Gasteiger partial charge in [0, 0.05) is 6.42 Å². The second-order valence-corrected chi connectivity index (χ2v) is 13.3. The lowest BCUT2D eigenvalue weighted by molar-refractivity contribution is -0.142. The molecular weight excluding hydrogens is 660 g/mol. The number of rotatable bonds is 17. The molecule has 1 aromatic rings. The van der Waals surface area contributed by atoms with Gasteiger partial charge in [0.25, 0.3) is 0 Å². The monoisotopic (exact) mass is 716 g/mol. The van der Waals surface area contributed by atoms with Gasteiger partial charge in [-0.2, -0.15) is 0 Å². The van der Waals surface area contributed by atoms with E-state index in [1.54, 1.807) is 24.3 Å². The number of phenols is 1. The first kappa shape index (κ1) is 42.6. The summed E-state index contributed by atoms with van der Waals surface area (Å²) in [5.41, 5.74) is 18.0. The fourth-order valence-electron chi connectivity index (χ4n) is 5.47. The molecule has 1 aliphatic rings. The number of phenolic OH excluding ortho intramolecular Hbond substituents is 1. The van der Waals surface area contributed by atoms with E-state index in [1.807, 2.05) is 13.8 Å². The van der Waals surface area contributed by atoms with Crippen molar-refractivity contribution < 1.29 is 39.0 Å². The molecule has 0 saturated heterocycles. The Morgan fingerprint density at radius 2 is 1.35 bits per heavy atom. The lowest BCUT2D eigenvalue weighted by Crippen LogP contribution is -2.59. The number of benzene rings is 1. The summed E-state index contributed by atoms with van der Waals surface area (Å²) in [7, 11) is 0. The van der Waals surface area contributed by atoms with Crippen LogP contribution in [-0.4, -0.2) is 95.1 Å². The highest BCUT2D eigenvalue weighted by Gasteiger charge is 2.33. The van der Waals surface area contributed by atoms with Gasteiger partial charge in [0.2, 0.25) is 29.5 Å². The summed E-state index contributed by atoms with van der Waals surface area (Å²) in [6.07, 6.45) is 5.95. The molecule has 2 rings (SSSR count). The van der Waals surface area contributed by atoms with Crippen LogP contribution in [0.5, 0.6) is 5.75 Å². The number of unbranched alkanes of at least 4 members (excludes halogenated alkanes) is 2. The Labute approximate surface area is 299 Å². The smallest absolute Gasteiger partial charge is 0.326 e. The van der Waals surface area contributed by atoms with Crippen molar-refractivity contribution in [1.82, 2.24) is 26.6 Å². The number of hydrogen-bond acceptors (Lipinski definition) is 10. The Morgan fingerprint density at radius 3 is 1.90 bits per heavy atom. The van der Waals surface area contributed by atoms with Gasteiger partial charge in [0.1, 0.15) is 36.0 Å². The molecule has 5 amide bonds. The van der Waals surface area contributed by atoms with Crippen LogP contribution in [0.4, 0.5) is 0 Å². The predicted molar refractivity (Wildman–Crippen MR) is 191 cm³/mol. The molecule has 0 aliphatic carbocycles. The second-order valence-electron chi connectivity index (χ2n) is 13.3. The van der Waals surface area contributed by atoms with Crippen molar-refractivity contribution in [2.45, 2.75) is 114 Å². The number of nitrogens with one attached hydrogen (secondary N) is 5. The molecule has 0 spiro atoms. The number of nitrogens with two attached hydrogens (primary N) is 3. The summed E-state index contributed by atoms with van der Waals surface area (Å²) in [6, 6.07) is -0.820. The van der Waals surface area contributed by atoms with Gasteiger partial charge in [-0.3, -0.25) is 24.0 Å². The van der Waals surface area contributed by atoms with Gasteiger partial charge in [-0.15, -0.1) is 0 Å². The summed E-state index contributed by atoms with van der Waals surface area (Å²) in [6.45, 7) is 4.39. The molecular formula is C35H56N8O8. The van der Waals surface area contributed by atoms with E-state index >= 15 is 0 Å². The number of carboxylic acids is 1. The zero-order valence-electron chi connectivity index (χ0n) is 29.6. The molecule has 16 nitrogen and oxygen atoms in total. The molecule has 1 aromatic carbocycles. The van der Waals surface area contributed by atoms with E-state index in [1.165, 1.54) is 12.1 Å². The van der Waals surface area contributed by atoms with Crippen LogP contribution in [0.1, 0.15) is 77.2 Å². The van der Waals surface area contributed by atoms with Crippen molar-refractivity contribution in [1.29, 1.82) is 0 Å². The molecule has 16 heteroatoms. The summed E-state index contributed by atoms with van der Waals surface area (Å²) < 4.78 is 0. The molecule has 51 heavy (non-hydrogen) atoms. The maximum Gasteiger partial charge on any atom is 0.326 e. The number of aliphatic carboxylic acids is 1. The van der Waals surface area contributed by atoms with E-state index in [0.29, 0.717) is 44.3 Å². The van der Waals surface area contributed by atoms with Crippen LogP contribution in [0.15, 0.2) is 36.4 Å². The minimum absolute atomic E-state index is 0.00641. The maximum absolute atomic E-state index is 13.9. The van der Waals surface area contributed by atoms with Gasteiger partial charge >= 0.3 is 5.97 Å². The highest BCUT2D eigenvalue weighted by molar-refractivity contribution is 5.96. The van der Waals surface area contributed by atoms with Crippen molar-refractivity contribution in [3.05, 3.63) is 42.0 Å². The van der Waals surface area contributed by atoms with Gasteiger partial charge in [-0.25, -0.2) is 4.79 Å². The Bertz CT molecular complexity index is 1340. The Hall–Kier alpha value is -4.54. The molecule has 1 aliphatic heterocycles. The van der Waals surface area contributed by atoms with E-state index < -0.39 is 71.8 Å². The first-order chi connectivity index (χ1) is 24.2. The second kappa shape index (κ2) is 22.3. The molecule has 13 N–H and O–H groups in total. The average molecular weight is 717 g/mol. The summed E-state index contributed by atoms with van der Waals surface area (Å²) in [5.74, 6) is -4.59. The highest BCUT2D eigenvalue weighted by atomic mass is 16.4.